The number of benzene rings is 7. The van der Waals surface area contributed by atoms with Crippen molar-refractivity contribution < 1.29 is 4.42 Å². The Hall–Kier alpha value is -6.19. The van der Waals surface area contributed by atoms with Crippen LogP contribution in [-0.2, 0) is 0 Å². The molecule has 3 nitrogen and oxygen atoms in total. The number of hydrogen-bond donors (Lipinski definition) is 0. The topological polar surface area (TPSA) is 29.3 Å². The van der Waals surface area contributed by atoms with Gasteiger partial charge in [-0.3, -0.25) is 4.98 Å². The van der Waals surface area contributed by atoms with Crippen LogP contribution in [0.15, 0.2) is 174 Å². The predicted octanol–water partition coefficient (Wildman–Crippen LogP) is 12.1. The fourth-order valence-corrected chi connectivity index (χ4v) is 6.66. The Bertz CT molecular complexity index is 2520. The van der Waals surface area contributed by atoms with E-state index in [1.807, 2.05) is 18.3 Å². The van der Waals surface area contributed by atoms with Crippen LogP contribution >= 0.6 is 0 Å². The normalized spacial score (nSPS) is 11.5. The summed E-state index contributed by atoms with van der Waals surface area (Å²) in [4.78, 5) is 6.96. The minimum Gasteiger partial charge on any atom is -0.454 e. The van der Waals surface area contributed by atoms with Gasteiger partial charge in [0.1, 0.15) is 11.1 Å². The van der Waals surface area contributed by atoms with Crippen LogP contribution in [0, 0.1) is 0 Å². The highest BCUT2D eigenvalue weighted by atomic mass is 16.3. The third-order valence-corrected chi connectivity index (χ3v) is 8.88. The van der Waals surface area contributed by atoms with Gasteiger partial charge in [-0.1, -0.05) is 109 Å². The van der Waals surface area contributed by atoms with E-state index in [1.54, 1.807) is 0 Å². The maximum Gasteiger partial charge on any atom is 0.153 e. The van der Waals surface area contributed by atoms with Crippen molar-refractivity contribution in [2.75, 3.05) is 4.90 Å². The Labute approximate surface area is 266 Å². The van der Waals surface area contributed by atoms with Crippen molar-refractivity contribution in [1.29, 1.82) is 0 Å². The van der Waals surface area contributed by atoms with E-state index in [0.717, 1.165) is 60.7 Å². The molecule has 46 heavy (non-hydrogen) atoms. The zero-order valence-corrected chi connectivity index (χ0v) is 25.0. The van der Waals surface area contributed by atoms with Gasteiger partial charge in [-0.25, -0.2) is 0 Å². The molecule has 0 amide bonds. The minimum atomic E-state index is 0.807. The highest BCUT2D eigenvalue weighted by Crippen LogP contribution is 2.41. The van der Waals surface area contributed by atoms with Crippen molar-refractivity contribution in [2.24, 2.45) is 0 Å². The first-order chi connectivity index (χ1) is 22.8. The number of anilines is 3. The van der Waals surface area contributed by atoms with Crippen molar-refractivity contribution in [3.63, 3.8) is 0 Å². The van der Waals surface area contributed by atoms with Gasteiger partial charge in [0, 0.05) is 34.0 Å². The van der Waals surface area contributed by atoms with Crippen LogP contribution in [0.5, 0.6) is 0 Å². The van der Waals surface area contributed by atoms with E-state index in [9.17, 15) is 0 Å². The van der Waals surface area contributed by atoms with Crippen LogP contribution < -0.4 is 4.90 Å². The van der Waals surface area contributed by atoms with Crippen molar-refractivity contribution in [1.82, 2.24) is 4.98 Å². The molecule has 9 aromatic rings. The summed E-state index contributed by atoms with van der Waals surface area (Å²) in [5, 5.41) is 5.61. The number of hydrogen-bond acceptors (Lipinski definition) is 3. The second-order valence-corrected chi connectivity index (χ2v) is 11.6. The smallest absolute Gasteiger partial charge is 0.153 e. The van der Waals surface area contributed by atoms with Gasteiger partial charge in [0.05, 0.1) is 0 Å². The maximum atomic E-state index is 6.42. The van der Waals surface area contributed by atoms with Crippen LogP contribution in [0.1, 0.15) is 0 Å². The fraction of sp³-hybridized carbons (Fsp3) is 0. The zero-order chi connectivity index (χ0) is 30.5. The van der Waals surface area contributed by atoms with E-state index in [0.29, 0.717) is 0 Å². The third kappa shape index (κ3) is 4.41. The molecule has 0 saturated carbocycles. The first-order valence-electron chi connectivity index (χ1n) is 15.5. The number of furan rings is 1. The molecule has 9 rings (SSSR count). The minimum absolute atomic E-state index is 0.807. The summed E-state index contributed by atoms with van der Waals surface area (Å²) < 4.78 is 6.42. The molecule has 2 heterocycles. The third-order valence-electron chi connectivity index (χ3n) is 8.88. The number of rotatable bonds is 5. The predicted molar refractivity (Wildman–Crippen MR) is 192 cm³/mol. The average Bonchev–Trinajstić information content (AvgIpc) is 3.52. The summed E-state index contributed by atoms with van der Waals surface area (Å²) in [5.74, 6) is 0. The molecule has 3 heteroatoms. The monoisotopic (exact) mass is 588 g/mol. The molecule has 2 aromatic heterocycles. The van der Waals surface area contributed by atoms with Crippen LogP contribution in [0.2, 0.25) is 0 Å². The van der Waals surface area contributed by atoms with Gasteiger partial charge in [-0.05, 0) is 93.0 Å². The summed E-state index contributed by atoms with van der Waals surface area (Å²) in [6, 6.07) is 58.1. The Balaban J connectivity index is 1.23. The fourth-order valence-electron chi connectivity index (χ4n) is 6.66. The van der Waals surface area contributed by atoms with E-state index in [2.05, 4.69) is 162 Å². The molecule has 0 aliphatic rings. The molecule has 0 unspecified atom stereocenters. The standard InChI is InChI=1S/C43H28N2O/c1-3-9-29(10-4-1)31-18-21-35(22-19-31)45(36-14-7-13-33(27-36)30-11-5-2-6-12-30)37-23-25-38-34(28-37)17-16-32-20-24-39-42-40(15-8-26-44-42)46-43(39)41(32)38/h1-28H. The van der Waals surface area contributed by atoms with Crippen LogP contribution in [0.25, 0.3) is 65.9 Å². The molecular weight excluding hydrogens is 560 g/mol. The van der Waals surface area contributed by atoms with Crippen molar-refractivity contribution >= 4 is 60.7 Å². The van der Waals surface area contributed by atoms with E-state index >= 15 is 0 Å². The lowest BCUT2D eigenvalue weighted by Crippen LogP contribution is -2.10. The Morgan fingerprint density at radius 1 is 0.435 bits per heavy atom. The molecule has 0 fully saturated rings. The van der Waals surface area contributed by atoms with Crippen molar-refractivity contribution in [2.45, 2.75) is 0 Å². The highest BCUT2D eigenvalue weighted by molar-refractivity contribution is 6.22. The molecule has 0 bridgehead atoms. The van der Waals surface area contributed by atoms with Gasteiger partial charge >= 0.3 is 0 Å². The first-order valence-corrected chi connectivity index (χ1v) is 15.5. The lowest BCUT2D eigenvalue weighted by Gasteiger charge is -2.27. The van der Waals surface area contributed by atoms with Crippen LogP contribution in [0.3, 0.4) is 0 Å². The molecule has 0 N–H and O–H groups in total. The summed E-state index contributed by atoms with van der Waals surface area (Å²) >= 11 is 0. The molecule has 0 aliphatic heterocycles. The SMILES string of the molecule is c1ccc(-c2ccc(N(c3cccc(-c4ccccc4)c3)c3ccc4c(ccc5ccc6c7ncccc7oc6c54)c3)cc2)cc1. The van der Waals surface area contributed by atoms with E-state index in [4.69, 9.17) is 4.42 Å². The molecule has 0 radical (unpaired) electrons. The van der Waals surface area contributed by atoms with Crippen molar-refractivity contribution in [3.05, 3.63) is 170 Å². The van der Waals surface area contributed by atoms with Crippen molar-refractivity contribution in [3.8, 4) is 22.3 Å². The summed E-state index contributed by atoms with van der Waals surface area (Å²) in [5.41, 5.74) is 10.6. The van der Waals surface area contributed by atoms with Crippen LogP contribution in [-0.4, -0.2) is 4.98 Å². The lowest BCUT2D eigenvalue weighted by atomic mass is 9.99. The zero-order valence-electron chi connectivity index (χ0n) is 25.0. The molecule has 216 valence electrons. The number of aromatic nitrogens is 1. The van der Waals surface area contributed by atoms with Gasteiger partial charge in [0.15, 0.2) is 5.58 Å². The Morgan fingerprint density at radius 3 is 1.87 bits per heavy atom. The lowest BCUT2D eigenvalue weighted by molar-refractivity contribution is 0.672. The summed E-state index contributed by atoms with van der Waals surface area (Å²) in [6.45, 7) is 0. The molecule has 0 spiro atoms. The van der Waals surface area contributed by atoms with Gasteiger partial charge < -0.3 is 9.32 Å². The summed E-state index contributed by atoms with van der Waals surface area (Å²) in [6.07, 6.45) is 1.82. The quantitative estimate of drug-likeness (QED) is 0.187. The largest absolute Gasteiger partial charge is 0.454 e. The van der Waals surface area contributed by atoms with Gasteiger partial charge in [0.2, 0.25) is 0 Å². The molecule has 0 atom stereocenters. The number of pyridine rings is 1. The summed E-state index contributed by atoms with van der Waals surface area (Å²) in [7, 11) is 0. The second-order valence-electron chi connectivity index (χ2n) is 11.6. The van der Waals surface area contributed by atoms with Crippen LogP contribution in [0.4, 0.5) is 17.1 Å². The molecule has 7 aromatic carbocycles. The number of fused-ring (bicyclic) bond motifs is 7. The Morgan fingerprint density at radius 2 is 1.07 bits per heavy atom. The number of nitrogens with zero attached hydrogens (tertiary/aromatic N) is 2. The molecule has 0 saturated heterocycles. The average molecular weight is 589 g/mol. The van der Waals surface area contributed by atoms with Gasteiger partial charge in [-0.2, -0.15) is 0 Å². The first kappa shape index (κ1) is 26.2. The molecular formula is C43H28N2O. The van der Waals surface area contributed by atoms with Gasteiger partial charge in [-0.15, -0.1) is 0 Å². The second kappa shape index (κ2) is 10.8. The molecule has 0 aliphatic carbocycles. The van der Waals surface area contributed by atoms with Gasteiger partial charge in [0.25, 0.3) is 0 Å². The van der Waals surface area contributed by atoms with E-state index in [-0.39, 0.29) is 0 Å². The Kier molecular flexibility index (Phi) is 6.14. The van der Waals surface area contributed by atoms with E-state index in [1.165, 1.54) is 22.3 Å². The highest BCUT2D eigenvalue weighted by Gasteiger charge is 2.17. The maximum absolute atomic E-state index is 6.42. The van der Waals surface area contributed by atoms with E-state index < -0.39 is 0 Å².